The second-order valence-corrected chi connectivity index (χ2v) is 6.96. The minimum absolute atomic E-state index is 0.276. The highest BCUT2D eigenvalue weighted by Crippen LogP contribution is 2.28. The zero-order chi connectivity index (χ0) is 22.9. The average molecular weight is 439 g/mol. The van der Waals surface area contributed by atoms with E-state index in [0.29, 0.717) is 34.0 Å². The molecule has 0 saturated heterocycles. The molecule has 0 unspecified atom stereocenters. The molecule has 2 heterocycles. The minimum Gasteiger partial charge on any atom is -0.322 e. The molecule has 0 radical (unpaired) electrons. The number of nitrogens with zero attached hydrogens (tertiary/aromatic N) is 3. The lowest BCUT2D eigenvalue weighted by atomic mass is 10.1. The van der Waals surface area contributed by atoms with Gasteiger partial charge < -0.3 is 10.3 Å². The smallest absolute Gasteiger partial charge is 0.322 e. The molecule has 2 aromatic carbocycles. The Balaban J connectivity index is 1.51. The maximum atomic E-state index is 12.7. The second-order valence-electron chi connectivity index (χ2n) is 6.96. The molecule has 2 aromatic heterocycles. The number of nitrogens with one attached hydrogen (secondary N) is 2. The van der Waals surface area contributed by atoms with Crippen LogP contribution < -0.4 is 10.9 Å². The van der Waals surface area contributed by atoms with E-state index >= 15 is 0 Å². The van der Waals surface area contributed by atoms with Crippen molar-refractivity contribution in [2.24, 2.45) is 0 Å². The van der Waals surface area contributed by atoms with E-state index in [9.17, 15) is 22.8 Å². The van der Waals surface area contributed by atoms with E-state index in [0.717, 1.165) is 10.7 Å². The van der Waals surface area contributed by atoms with Crippen LogP contribution in [0.5, 0.6) is 0 Å². The first-order chi connectivity index (χ1) is 15.2. The van der Waals surface area contributed by atoms with Gasteiger partial charge in [0.2, 0.25) is 0 Å². The molecule has 0 aliphatic carbocycles. The summed E-state index contributed by atoms with van der Waals surface area (Å²) in [6.45, 7) is 1.71. The van der Waals surface area contributed by atoms with Crippen LogP contribution in [0.4, 0.5) is 18.9 Å². The molecule has 1 amide bonds. The average Bonchev–Trinajstić information content (AvgIpc) is 3.24. The summed E-state index contributed by atoms with van der Waals surface area (Å²) >= 11 is 0. The molecule has 0 fully saturated rings. The Morgan fingerprint density at radius 3 is 2.47 bits per heavy atom. The van der Waals surface area contributed by atoms with Gasteiger partial charge >= 0.3 is 6.18 Å². The number of amides is 1. The first-order valence-corrected chi connectivity index (χ1v) is 9.42. The molecule has 2 N–H and O–H groups in total. The fraction of sp³-hybridized carbons (Fsp3) is 0.0909. The van der Waals surface area contributed by atoms with E-state index in [1.54, 1.807) is 31.2 Å². The van der Waals surface area contributed by atoms with Crippen LogP contribution in [-0.4, -0.2) is 25.7 Å². The van der Waals surface area contributed by atoms with E-state index in [4.69, 9.17) is 0 Å². The van der Waals surface area contributed by atoms with Crippen molar-refractivity contribution in [1.82, 2.24) is 19.7 Å². The standard InChI is InChI=1S/C22H16F3N5O2/c1-13-11-19(31)28-20(26-13)15-3-2-4-16(12-15)27-21(32)14-5-7-17(8-6-14)30-10-9-18(29-30)22(23,24)25/h2-12H,1H3,(H,27,32)(H,26,28,31). The van der Waals surface area contributed by atoms with Crippen LogP contribution >= 0.6 is 0 Å². The summed E-state index contributed by atoms with van der Waals surface area (Å²) in [6.07, 6.45) is -3.33. The third kappa shape index (κ3) is 4.59. The second kappa shape index (κ2) is 8.14. The van der Waals surface area contributed by atoms with Crippen LogP contribution in [0.1, 0.15) is 21.7 Å². The molecule has 0 spiro atoms. The molecule has 0 aliphatic heterocycles. The third-order valence-electron chi connectivity index (χ3n) is 4.54. The molecular formula is C22H16F3N5O2. The lowest BCUT2D eigenvalue weighted by Crippen LogP contribution is -2.12. The summed E-state index contributed by atoms with van der Waals surface area (Å²) in [6, 6.07) is 15.1. The lowest BCUT2D eigenvalue weighted by molar-refractivity contribution is -0.141. The zero-order valence-corrected chi connectivity index (χ0v) is 16.6. The monoisotopic (exact) mass is 439 g/mol. The van der Waals surface area contributed by atoms with E-state index in [2.05, 4.69) is 20.4 Å². The predicted molar refractivity (Wildman–Crippen MR) is 112 cm³/mol. The highest BCUT2D eigenvalue weighted by Gasteiger charge is 2.33. The van der Waals surface area contributed by atoms with Crippen molar-refractivity contribution in [1.29, 1.82) is 0 Å². The molecular weight excluding hydrogens is 423 g/mol. The van der Waals surface area contributed by atoms with Crippen LogP contribution in [0.15, 0.2) is 71.7 Å². The number of aromatic amines is 1. The first kappa shape index (κ1) is 21.0. The van der Waals surface area contributed by atoms with Crippen molar-refractivity contribution in [2.75, 3.05) is 5.32 Å². The molecule has 0 saturated carbocycles. The van der Waals surface area contributed by atoms with Gasteiger partial charge in [-0.05, 0) is 49.4 Å². The SMILES string of the molecule is Cc1cc(=O)[nH]c(-c2cccc(NC(=O)c3ccc(-n4ccc(C(F)(F)F)n4)cc3)c2)n1. The van der Waals surface area contributed by atoms with Crippen molar-refractivity contribution in [3.63, 3.8) is 0 Å². The van der Waals surface area contributed by atoms with E-state index < -0.39 is 17.8 Å². The van der Waals surface area contributed by atoms with Crippen molar-refractivity contribution >= 4 is 11.6 Å². The van der Waals surface area contributed by atoms with Gasteiger partial charge in [-0.2, -0.15) is 18.3 Å². The minimum atomic E-state index is -4.53. The number of carbonyl (C=O) groups excluding carboxylic acids is 1. The van der Waals surface area contributed by atoms with Gasteiger partial charge in [0.1, 0.15) is 5.82 Å². The van der Waals surface area contributed by atoms with E-state index in [1.807, 2.05) is 0 Å². The summed E-state index contributed by atoms with van der Waals surface area (Å²) in [5, 5.41) is 6.26. The van der Waals surface area contributed by atoms with Gasteiger partial charge in [-0.3, -0.25) is 9.59 Å². The van der Waals surface area contributed by atoms with Crippen LogP contribution in [0, 0.1) is 6.92 Å². The van der Waals surface area contributed by atoms with Gasteiger partial charge in [-0.15, -0.1) is 0 Å². The molecule has 10 heteroatoms. The number of hydrogen-bond acceptors (Lipinski definition) is 4. The van der Waals surface area contributed by atoms with Gasteiger partial charge in [-0.1, -0.05) is 12.1 Å². The van der Waals surface area contributed by atoms with Crippen LogP contribution in [-0.2, 0) is 6.18 Å². The number of halogens is 3. The number of rotatable bonds is 4. The highest BCUT2D eigenvalue weighted by molar-refractivity contribution is 6.04. The predicted octanol–water partition coefficient (Wildman–Crippen LogP) is 4.20. The maximum absolute atomic E-state index is 12.7. The normalized spacial score (nSPS) is 11.4. The molecule has 32 heavy (non-hydrogen) atoms. The summed E-state index contributed by atoms with van der Waals surface area (Å²) in [4.78, 5) is 31.2. The first-order valence-electron chi connectivity index (χ1n) is 9.42. The Hall–Kier alpha value is -4.21. The van der Waals surface area contributed by atoms with Crippen molar-refractivity contribution in [3.05, 3.63) is 94.2 Å². The van der Waals surface area contributed by atoms with E-state index in [-0.39, 0.29) is 5.56 Å². The van der Waals surface area contributed by atoms with Gasteiger partial charge in [0.15, 0.2) is 5.69 Å². The molecule has 162 valence electrons. The number of benzene rings is 2. The fourth-order valence-electron chi connectivity index (χ4n) is 3.05. The van der Waals surface area contributed by atoms with Gasteiger partial charge in [0.25, 0.3) is 11.5 Å². The van der Waals surface area contributed by atoms with Crippen molar-refractivity contribution in [2.45, 2.75) is 13.1 Å². The maximum Gasteiger partial charge on any atom is 0.435 e. The van der Waals surface area contributed by atoms with Crippen molar-refractivity contribution < 1.29 is 18.0 Å². The quantitative estimate of drug-likeness (QED) is 0.499. The molecule has 0 aliphatic rings. The van der Waals surface area contributed by atoms with Crippen LogP contribution in [0.25, 0.3) is 17.1 Å². The Labute approximate surface area is 179 Å². The molecule has 0 atom stereocenters. The number of aromatic nitrogens is 4. The molecule has 7 nitrogen and oxygen atoms in total. The van der Waals surface area contributed by atoms with Gasteiger partial charge in [0, 0.05) is 34.8 Å². The fourth-order valence-corrected chi connectivity index (χ4v) is 3.05. The zero-order valence-electron chi connectivity index (χ0n) is 16.6. The Morgan fingerprint density at radius 1 is 1.06 bits per heavy atom. The summed E-state index contributed by atoms with van der Waals surface area (Å²) < 4.78 is 39.2. The van der Waals surface area contributed by atoms with Gasteiger partial charge in [-0.25, -0.2) is 9.67 Å². The number of anilines is 1. The number of hydrogen-bond donors (Lipinski definition) is 2. The number of H-pyrrole nitrogens is 1. The van der Waals surface area contributed by atoms with Gasteiger partial charge in [0.05, 0.1) is 5.69 Å². The number of aryl methyl sites for hydroxylation is 1. The Bertz CT molecular complexity index is 1340. The summed E-state index contributed by atoms with van der Waals surface area (Å²) in [5.74, 6) is -0.0243. The lowest BCUT2D eigenvalue weighted by Gasteiger charge is -2.09. The number of alkyl halides is 3. The van der Waals surface area contributed by atoms with Crippen LogP contribution in [0.2, 0.25) is 0 Å². The number of carbonyl (C=O) groups is 1. The van der Waals surface area contributed by atoms with Crippen LogP contribution in [0.3, 0.4) is 0 Å². The Kier molecular flexibility index (Phi) is 5.35. The summed E-state index contributed by atoms with van der Waals surface area (Å²) in [5.41, 5.74) is 1.10. The largest absolute Gasteiger partial charge is 0.435 e. The third-order valence-corrected chi connectivity index (χ3v) is 4.54. The molecule has 4 rings (SSSR count). The highest BCUT2D eigenvalue weighted by atomic mass is 19.4. The summed E-state index contributed by atoms with van der Waals surface area (Å²) in [7, 11) is 0. The van der Waals surface area contributed by atoms with Crippen molar-refractivity contribution in [3.8, 4) is 17.1 Å². The molecule has 4 aromatic rings. The van der Waals surface area contributed by atoms with E-state index in [1.165, 1.54) is 36.5 Å². The molecule has 0 bridgehead atoms. The topological polar surface area (TPSA) is 92.7 Å². The Morgan fingerprint density at radius 2 is 1.81 bits per heavy atom.